The summed E-state index contributed by atoms with van der Waals surface area (Å²) >= 11 is 0. The van der Waals surface area contributed by atoms with E-state index in [9.17, 15) is 4.79 Å². The number of ether oxygens (including phenoxy) is 1. The minimum Gasteiger partial charge on any atom is -0.378 e. The molecule has 0 unspecified atom stereocenters. The van der Waals surface area contributed by atoms with Gasteiger partial charge >= 0.3 is 0 Å². The summed E-state index contributed by atoms with van der Waals surface area (Å²) in [5.74, 6) is 0.0760. The second kappa shape index (κ2) is 6.86. The van der Waals surface area contributed by atoms with Crippen molar-refractivity contribution >= 4 is 5.91 Å². The quantitative estimate of drug-likeness (QED) is 0.860. The molecule has 4 nitrogen and oxygen atoms in total. The van der Waals surface area contributed by atoms with Gasteiger partial charge in [-0.15, -0.1) is 0 Å². The van der Waals surface area contributed by atoms with Crippen LogP contribution in [0.5, 0.6) is 0 Å². The first-order valence-corrected chi connectivity index (χ1v) is 7.22. The van der Waals surface area contributed by atoms with Crippen LogP contribution in [0.25, 0.3) is 0 Å². The molecule has 1 aliphatic heterocycles. The Balaban J connectivity index is 1.82. The number of nitrogens with zero attached hydrogens (tertiary/aromatic N) is 1. The lowest BCUT2D eigenvalue weighted by molar-refractivity contribution is -0.128. The molecule has 1 aromatic rings. The van der Waals surface area contributed by atoms with Crippen LogP contribution in [-0.2, 0) is 16.1 Å². The molecule has 1 fully saturated rings. The third-order valence-corrected chi connectivity index (χ3v) is 3.65. The minimum absolute atomic E-state index is 0.0760. The van der Waals surface area contributed by atoms with Gasteiger partial charge in [0.2, 0.25) is 5.91 Å². The summed E-state index contributed by atoms with van der Waals surface area (Å²) in [7, 11) is 0. The van der Waals surface area contributed by atoms with Crippen molar-refractivity contribution in [1.82, 2.24) is 10.2 Å². The van der Waals surface area contributed by atoms with Gasteiger partial charge in [0.1, 0.15) is 0 Å². The molecule has 0 aliphatic carbocycles. The van der Waals surface area contributed by atoms with E-state index in [-0.39, 0.29) is 5.91 Å². The molecule has 2 rings (SSSR count). The summed E-state index contributed by atoms with van der Waals surface area (Å²) in [5, 5.41) is 2.99. The lowest BCUT2D eigenvalue weighted by atomic mass is 10.1. The van der Waals surface area contributed by atoms with Crippen molar-refractivity contribution in [2.24, 2.45) is 0 Å². The summed E-state index contributed by atoms with van der Waals surface area (Å²) in [6.45, 7) is 8.80. The number of aryl methyl sites for hydroxylation is 1. The van der Waals surface area contributed by atoms with Gasteiger partial charge in [-0.2, -0.15) is 0 Å². The lowest BCUT2D eigenvalue weighted by Crippen LogP contribution is -2.54. The smallest absolute Gasteiger partial charge is 0.234 e. The van der Waals surface area contributed by atoms with Gasteiger partial charge in [0.05, 0.1) is 25.8 Å². The Hall–Kier alpha value is -1.39. The summed E-state index contributed by atoms with van der Waals surface area (Å²) < 4.78 is 5.22. The number of rotatable bonds is 6. The van der Waals surface area contributed by atoms with E-state index in [0.717, 1.165) is 18.8 Å². The molecule has 4 heteroatoms. The van der Waals surface area contributed by atoms with Crippen LogP contribution in [0, 0.1) is 6.92 Å². The SMILES string of the molecule is Cc1cccc(CNC(=O)CN(C(C)C)C2COC2)c1. The maximum atomic E-state index is 12.1. The molecule has 20 heavy (non-hydrogen) atoms. The molecule has 0 saturated carbocycles. The number of hydrogen-bond acceptors (Lipinski definition) is 3. The number of amides is 1. The Morgan fingerprint density at radius 3 is 2.75 bits per heavy atom. The Labute approximate surface area is 121 Å². The van der Waals surface area contributed by atoms with E-state index < -0.39 is 0 Å². The first-order valence-electron chi connectivity index (χ1n) is 7.22. The first kappa shape index (κ1) is 15.0. The van der Waals surface area contributed by atoms with Gasteiger partial charge in [0, 0.05) is 12.6 Å². The molecule has 0 aromatic heterocycles. The Kier molecular flexibility index (Phi) is 5.15. The maximum absolute atomic E-state index is 12.1. The second-order valence-corrected chi connectivity index (χ2v) is 5.72. The van der Waals surface area contributed by atoms with Crippen molar-refractivity contribution < 1.29 is 9.53 Å². The number of nitrogens with one attached hydrogen (secondary N) is 1. The molecule has 1 aliphatic rings. The number of carbonyl (C=O) groups excluding carboxylic acids is 1. The van der Waals surface area contributed by atoms with Crippen LogP contribution in [0.3, 0.4) is 0 Å². The third-order valence-electron chi connectivity index (χ3n) is 3.65. The van der Waals surface area contributed by atoms with E-state index in [1.165, 1.54) is 5.56 Å². The zero-order valence-corrected chi connectivity index (χ0v) is 12.6. The second-order valence-electron chi connectivity index (χ2n) is 5.72. The van der Waals surface area contributed by atoms with E-state index in [0.29, 0.717) is 25.2 Å². The number of benzene rings is 1. The predicted molar refractivity (Wildman–Crippen MR) is 79.5 cm³/mol. The van der Waals surface area contributed by atoms with Crippen LogP contribution in [0.15, 0.2) is 24.3 Å². The van der Waals surface area contributed by atoms with Gasteiger partial charge in [-0.3, -0.25) is 9.69 Å². The average molecular weight is 276 g/mol. The average Bonchev–Trinajstić information content (AvgIpc) is 2.33. The minimum atomic E-state index is 0.0760. The summed E-state index contributed by atoms with van der Waals surface area (Å²) in [5.41, 5.74) is 2.36. The Morgan fingerprint density at radius 1 is 1.45 bits per heavy atom. The summed E-state index contributed by atoms with van der Waals surface area (Å²) in [4.78, 5) is 14.3. The highest BCUT2D eigenvalue weighted by Gasteiger charge is 2.29. The van der Waals surface area contributed by atoms with Crippen LogP contribution in [-0.4, -0.2) is 42.6 Å². The van der Waals surface area contributed by atoms with Crippen LogP contribution < -0.4 is 5.32 Å². The zero-order chi connectivity index (χ0) is 14.5. The zero-order valence-electron chi connectivity index (χ0n) is 12.6. The predicted octanol–water partition coefficient (Wildman–Crippen LogP) is 1.72. The van der Waals surface area contributed by atoms with Crippen LogP contribution in [0.4, 0.5) is 0 Å². The molecule has 0 atom stereocenters. The van der Waals surface area contributed by atoms with E-state index >= 15 is 0 Å². The largest absolute Gasteiger partial charge is 0.378 e. The fraction of sp³-hybridized carbons (Fsp3) is 0.562. The van der Waals surface area contributed by atoms with Gasteiger partial charge in [0.15, 0.2) is 0 Å². The molecular weight excluding hydrogens is 252 g/mol. The summed E-state index contributed by atoms with van der Waals surface area (Å²) in [6, 6.07) is 8.95. The fourth-order valence-electron chi connectivity index (χ4n) is 2.39. The van der Waals surface area contributed by atoms with Crippen molar-refractivity contribution in [2.45, 2.75) is 39.4 Å². The van der Waals surface area contributed by atoms with Crippen LogP contribution in [0.2, 0.25) is 0 Å². The van der Waals surface area contributed by atoms with Gasteiger partial charge < -0.3 is 10.1 Å². The van der Waals surface area contributed by atoms with Crippen LogP contribution in [0.1, 0.15) is 25.0 Å². The van der Waals surface area contributed by atoms with Crippen molar-refractivity contribution in [3.05, 3.63) is 35.4 Å². The van der Waals surface area contributed by atoms with Gasteiger partial charge in [-0.1, -0.05) is 29.8 Å². The molecule has 1 N–H and O–H groups in total. The normalized spacial score (nSPS) is 15.4. The van der Waals surface area contributed by atoms with Gasteiger partial charge in [0.25, 0.3) is 0 Å². The molecule has 1 aromatic carbocycles. The van der Waals surface area contributed by atoms with Crippen molar-refractivity contribution in [3.8, 4) is 0 Å². The third kappa shape index (κ3) is 4.05. The van der Waals surface area contributed by atoms with Gasteiger partial charge in [-0.25, -0.2) is 0 Å². The molecule has 0 radical (unpaired) electrons. The topological polar surface area (TPSA) is 41.6 Å². The highest BCUT2D eigenvalue weighted by Crippen LogP contribution is 2.13. The standard InChI is InChI=1S/C16H24N2O2/c1-12(2)18(15-10-20-11-15)9-16(19)17-8-14-6-4-5-13(3)7-14/h4-7,12,15H,8-11H2,1-3H3,(H,17,19). The van der Waals surface area contributed by atoms with E-state index in [1.54, 1.807) is 0 Å². The van der Waals surface area contributed by atoms with E-state index in [2.05, 4.69) is 43.1 Å². The van der Waals surface area contributed by atoms with E-state index in [4.69, 9.17) is 4.74 Å². The van der Waals surface area contributed by atoms with E-state index in [1.807, 2.05) is 12.1 Å². The molecular formula is C16H24N2O2. The van der Waals surface area contributed by atoms with Crippen LogP contribution >= 0.6 is 0 Å². The first-order chi connectivity index (χ1) is 9.56. The molecule has 1 amide bonds. The number of carbonyl (C=O) groups is 1. The lowest BCUT2D eigenvalue weighted by Gasteiger charge is -2.39. The monoisotopic (exact) mass is 276 g/mol. The maximum Gasteiger partial charge on any atom is 0.234 e. The Morgan fingerprint density at radius 2 is 2.20 bits per heavy atom. The molecule has 110 valence electrons. The highest BCUT2D eigenvalue weighted by molar-refractivity contribution is 5.78. The number of hydrogen-bond donors (Lipinski definition) is 1. The van der Waals surface area contributed by atoms with Crippen molar-refractivity contribution in [3.63, 3.8) is 0 Å². The Bertz CT molecular complexity index is 456. The molecule has 0 bridgehead atoms. The molecule has 1 saturated heterocycles. The fourth-order valence-corrected chi connectivity index (χ4v) is 2.39. The summed E-state index contributed by atoms with van der Waals surface area (Å²) in [6.07, 6.45) is 0. The van der Waals surface area contributed by atoms with Gasteiger partial charge in [-0.05, 0) is 26.3 Å². The van der Waals surface area contributed by atoms with Crippen molar-refractivity contribution in [2.75, 3.05) is 19.8 Å². The molecule has 1 heterocycles. The highest BCUT2D eigenvalue weighted by atomic mass is 16.5. The molecule has 0 spiro atoms. The van der Waals surface area contributed by atoms with Crippen molar-refractivity contribution in [1.29, 1.82) is 0 Å².